The molecule has 2 heterocycles. The zero-order chi connectivity index (χ0) is 21.1. The fourth-order valence-electron chi connectivity index (χ4n) is 3.63. The van der Waals surface area contributed by atoms with Crippen LogP contribution in [0, 0.1) is 5.92 Å². The van der Waals surface area contributed by atoms with E-state index in [1.54, 1.807) is 24.3 Å². The molecule has 1 aromatic heterocycles. The van der Waals surface area contributed by atoms with E-state index >= 15 is 0 Å². The summed E-state index contributed by atoms with van der Waals surface area (Å²) in [5, 5.41) is 14.8. The minimum atomic E-state index is -0.521. The van der Waals surface area contributed by atoms with Crippen LogP contribution in [-0.2, 0) is 20.8 Å². The Labute approximate surface area is 172 Å². The lowest BCUT2D eigenvalue weighted by atomic mass is 9.94. The number of imide groups is 1. The number of hydrogen-bond donors (Lipinski definition) is 4. The molecule has 154 valence electrons. The van der Waals surface area contributed by atoms with Gasteiger partial charge in [0.2, 0.25) is 17.7 Å². The Balaban J connectivity index is 1.53. The molecule has 2 aromatic carbocycles. The SMILES string of the molecule is O=C1CCC(CC(=O)NC(Cc2ccc(O)cc2)c2nc3ccccc3[nH]2)C(=O)N1. The lowest BCUT2D eigenvalue weighted by molar-refractivity contribution is -0.139. The number of imidazole rings is 1. The van der Waals surface area contributed by atoms with E-state index in [2.05, 4.69) is 20.6 Å². The van der Waals surface area contributed by atoms with Crippen LogP contribution in [0.15, 0.2) is 48.5 Å². The molecule has 2 atom stereocenters. The Morgan fingerprint density at radius 1 is 1.17 bits per heavy atom. The van der Waals surface area contributed by atoms with Gasteiger partial charge in [-0.3, -0.25) is 19.7 Å². The number of rotatable bonds is 6. The number of piperidine rings is 1. The zero-order valence-corrected chi connectivity index (χ0v) is 16.2. The number of hydrogen-bond acceptors (Lipinski definition) is 5. The van der Waals surface area contributed by atoms with Gasteiger partial charge in [-0.15, -0.1) is 0 Å². The third-order valence-corrected chi connectivity index (χ3v) is 5.23. The van der Waals surface area contributed by atoms with Crippen molar-refractivity contribution in [1.29, 1.82) is 0 Å². The molecule has 0 aliphatic carbocycles. The molecule has 8 nitrogen and oxygen atoms in total. The highest BCUT2D eigenvalue weighted by Gasteiger charge is 2.29. The second-order valence-electron chi connectivity index (χ2n) is 7.48. The van der Waals surface area contributed by atoms with Gasteiger partial charge in [0.25, 0.3) is 0 Å². The first kappa shape index (κ1) is 19.6. The average molecular weight is 406 g/mol. The summed E-state index contributed by atoms with van der Waals surface area (Å²) in [6.07, 6.45) is 1.07. The highest BCUT2D eigenvalue weighted by molar-refractivity contribution is 6.00. The number of nitrogens with zero attached hydrogens (tertiary/aromatic N) is 1. The predicted molar refractivity (Wildman–Crippen MR) is 109 cm³/mol. The summed E-state index contributed by atoms with van der Waals surface area (Å²) >= 11 is 0. The van der Waals surface area contributed by atoms with E-state index < -0.39 is 17.9 Å². The van der Waals surface area contributed by atoms with Crippen molar-refractivity contribution in [1.82, 2.24) is 20.6 Å². The molecular formula is C22H22N4O4. The number of aromatic amines is 1. The molecule has 8 heteroatoms. The van der Waals surface area contributed by atoms with Gasteiger partial charge >= 0.3 is 0 Å². The maximum Gasteiger partial charge on any atom is 0.230 e. The van der Waals surface area contributed by atoms with Crippen LogP contribution in [-0.4, -0.2) is 32.8 Å². The number of H-pyrrole nitrogens is 1. The topological polar surface area (TPSA) is 124 Å². The van der Waals surface area contributed by atoms with Crippen molar-refractivity contribution in [3.63, 3.8) is 0 Å². The molecule has 1 saturated heterocycles. The summed E-state index contributed by atoms with van der Waals surface area (Å²) in [6.45, 7) is 0. The van der Waals surface area contributed by atoms with Gasteiger partial charge in [0.15, 0.2) is 0 Å². The highest BCUT2D eigenvalue weighted by atomic mass is 16.3. The van der Waals surface area contributed by atoms with E-state index in [-0.39, 0.29) is 30.4 Å². The molecule has 1 aliphatic heterocycles. The molecule has 30 heavy (non-hydrogen) atoms. The van der Waals surface area contributed by atoms with Gasteiger partial charge in [0.05, 0.1) is 17.1 Å². The Hall–Kier alpha value is -3.68. The summed E-state index contributed by atoms with van der Waals surface area (Å²) in [7, 11) is 0. The van der Waals surface area contributed by atoms with Gasteiger partial charge < -0.3 is 15.4 Å². The van der Waals surface area contributed by atoms with E-state index in [1.807, 2.05) is 24.3 Å². The maximum absolute atomic E-state index is 12.7. The molecule has 3 amide bonds. The van der Waals surface area contributed by atoms with Crippen LogP contribution in [0.5, 0.6) is 5.75 Å². The summed E-state index contributed by atoms with van der Waals surface area (Å²) in [6, 6.07) is 13.9. The number of carbonyl (C=O) groups excluding carboxylic acids is 3. The van der Waals surface area contributed by atoms with Gasteiger partial charge in [-0.25, -0.2) is 4.98 Å². The predicted octanol–water partition coefficient (Wildman–Crippen LogP) is 2.11. The third-order valence-electron chi connectivity index (χ3n) is 5.23. The summed E-state index contributed by atoms with van der Waals surface area (Å²) < 4.78 is 0. The number of para-hydroxylation sites is 2. The Kier molecular flexibility index (Phi) is 5.47. The molecule has 1 fully saturated rings. The van der Waals surface area contributed by atoms with Gasteiger partial charge in [-0.2, -0.15) is 0 Å². The van der Waals surface area contributed by atoms with Gasteiger partial charge in [-0.1, -0.05) is 24.3 Å². The summed E-state index contributed by atoms with van der Waals surface area (Å²) in [5.41, 5.74) is 2.57. The van der Waals surface area contributed by atoms with Crippen LogP contribution < -0.4 is 10.6 Å². The van der Waals surface area contributed by atoms with Crippen LogP contribution in [0.2, 0.25) is 0 Å². The zero-order valence-electron chi connectivity index (χ0n) is 16.2. The highest BCUT2D eigenvalue weighted by Crippen LogP contribution is 2.22. The quantitative estimate of drug-likeness (QED) is 0.467. The first-order chi connectivity index (χ1) is 14.5. The van der Waals surface area contributed by atoms with Gasteiger partial charge in [0, 0.05) is 18.8 Å². The van der Waals surface area contributed by atoms with Crippen molar-refractivity contribution < 1.29 is 19.5 Å². The van der Waals surface area contributed by atoms with Gasteiger partial charge in [0.1, 0.15) is 11.6 Å². The van der Waals surface area contributed by atoms with Crippen molar-refractivity contribution >= 4 is 28.8 Å². The molecule has 3 aromatic rings. The number of phenolic OH excluding ortho intramolecular Hbond substituents is 1. The fourth-order valence-corrected chi connectivity index (χ4v) is 3.63. The van der Waals surface area contributed by atoms with Crippen molar-refractivity contribution in [2.75, 3.05) is 0 Å². The second kappa shape index (κ2) is 8.36. The minimum Gasteiger partial charge on any atom is -0.508 e. The third kappa shape index (κ3) is 4.48. The molecule has 1 aliphatic rings. The van der Waals surface area contributed by atoms with E-state index in [0.717, 1.165) is 16.6 Å². The molecule has 0 bridgehead atoms. The fraction of sp³-hybridized carbons (Fsp3) is 0.273. The van der Waals surface area contributed by atoms with Crippen molar-refractivity contribution in [2.45, 2.75) is 31.7 Å². The number of aromatic nitrogens is 2. The van der Waals surface area contributed by atoms with Crippen molar-refractivity contribution in [2.24, 2.45) is 5.92 Å². The molecule has 0 saturated carbocycles. The van der Waals surface area contributed by atoms with Gasteiger partial charge in [-0.05, 0) is 42.7 Å². The standard InChI is InChI=1S/C22H22N4O4/c27-15-8-5-13(6-9-15)11-18(21-24-16-3-1-2-4-17(16)25-21)23-20(29)12-14-7-10-19(28)26-22(14)30/h1-6,8-9,14,18,27H,7,10-12H2,(H,23,29)(H,24,25)(H,26,28,30). The van der Waals surface area contributed by atoms with E-state index in [1.165, 1.54) is 0 Å². The summed E-state index contributed by atoms with van der Waals surface area (Å²) in [5.74, 6) is -0.729. The van der Waals surface area contributed by atoms with E-state index in [9.17, 15) is 19.5 Å². The van der Waals surface area contributed by atoms with Crippen LogP contribution in [0.4, 0.5) is 0 Å². The number of nitrogens with one attached hydrogen (secondary N) is 3. The first-order valence-corrected chi connectivity index (χ1v) is 9.83. The first-order valence-electron chi connectivity index (χ1n) is 9.83. The van der Waals surface area contributed by atoms with Crippen LogP contribution >= 0.6 is 0 Å². The molecule has 4 N–H and O–H groups in total. The Bertz CT molecular complexity index is 1060. The lowest BCUT2D eigenvalue weighted by Gasteiger charge is -2.22. The van der Waals surface area contributed by atoms with Crippen molar-refractivity contribution in [3.05, 3.63) is 59.9 Å². The van der Waals surface area contributed by atoms with Crippen molar-refractivity contribution in [3.8, 4) is 5.75 Å². The smallest absolute Gasteiger partial charge is 0.230 e. The molecule has 0 spiro atoms. The number of aromatic hydroxyl groups is 1. The average Bonchev–Trinajstić information content (AvgIpc) is 3.15. The lowest BCUT2D eigenvalue weighted by Crippen LogP contribution is -2.43. The van der Waals surface area contributed by atoms with Crippen LogP contribution in [0.25, 0.3) is 11.0 Å². The summed E-state index contributed by atoms with van der Waals surface area (Å²) in [4.78, 5) is 43.9. The molecule has 2 unspecified atom stereocenters. The number of fused-ring (bicyclic) bond motifs is 1. The molecule has 0 radical (unpaired) electrons. The van der Waals surface area contributed by atoms with Crippen LogP contribution in [0.1, 0.15) is 36.7 Å². The Morgan fingerprint density at radius 2 is 1.93 bits per heavy atom. The Morgan fingerprint density at radius 3 is 2.67 bits per heavy atom. The number of benzene rings is 2. The molecule has 4 rings (SSSR count). The van der Waals surface area contributed by atoms with E-state index in [4.69, 9.17) is 0 Å². The molecular weight excluding hydrogens is 384 g/mol. The number of carbonyl (C=O) groups is 3. The number of phenols is 1. The minimum absolute atomic E-state index is 0.00538. The largest absolute Gasteiger partial charge is 0.508 e. The normalized spacial score (nSPS) is 17.5. The van der Waals surface area contributed by atoms with E-state index in [0.29, 0.717) is 18.7 Å². The maximum atomic E-state index is 12.7. The second-order valence-corrected chi connectivity index (χ2v) is 7.48. The monoisotopic (exact) mass is 406 g/mol. The number of amides is 3. The van der Waals surface area contributed by atoms with Crippen LogP contribution in [0.3, 0.4) is 0 Å².